The molecule has 1 N–H and O–H groups in total. The first-order valence-electron chi connectivity index (χ1n) is 11.4. The Morgan fingerprint density at radius 1 is 1.06 bits per heavy atom. The summed E-state index contributed by atoms with van der Waals surface area (Å²) >= 11 is 0. The van der Waals surface area contributed by atoms with Crippen molar-refractivity contribution >= 4 is 29.0 Å². The van der Waals surface area contributed by atoms with E-state index in [2.05, 4.69) is 0 Å². The Labute approximate surface area is 207 Å². The van der Waals surface area contributed by atoms with Gasteiger partial charge in [0.2, 0.25) is 0 Å². The highest BCUT2D eigenvalue weighted by molar-refractivity contribution is 5.89. The summed E-state index contributed by atoms with van der Waals surface area (Å²) < 4.78 is 23.2. The van der Waals surface area contributed by atoms with E-state index in [4.69, 9.17) is 18.6 Å². The van der Waals surface area contributed by atoms with Gasteiger partial charge < -0.3 is 23.7 Å². The SMILES string of the molecule is CC=C(C)C(=O)OC(C)(C)[C@H]1Oc2ccc3ccc(=O)oc3c2[C@H]1OC(=O)C=Cc1ccc(O)cc1. The molecule has 0 radical (unpaired) electrons. The minimum absolute atomic E-state index is 0.107. The molecule has 186 valence electrons. The second-order valence-corrected chi connectivity index (χ2v) is 8.94. The predicted molar refractivity (Wildman–Crippen MR) is 132 cm³/mol. The van der Waals surface area contributed by atoms with Gasteiger partial charge in [0, 0.05) is 23.1 Å². The summed E-state index contributed by atoms with van der Waals surface area (Å²) in [6.07, 6.45) is 2.45. The van der Waals surface area contributed by atoms with Gasteiger partial charge in [0.1, 0.15) is 22.7 Å². The van der Waals surface area contributed by atoms with Crippen LogP contribution in [-0.4, -0.2) is 28.8 Å². The summed E-state index contributed by atoms with van der Waals surface area (Å²) in [5.41, 5.74) is -0.0840. The van der Waals surface area contributed by atoms with Gasteiger partial charge in [-0.25, -0.2) is 14.4 Å². The van der Waals surface area contributed by atoms with Gasteiger partial charge in [-0.15, -0.1) is 0 Å². The summed E-state index contributed by atoms with van der Waals surface area (Å²) in [7, 11) is 0. The molecule has 2 heterocycles. The third-order valence-electron chi connectivity index (χ3n) is 5.95. The van der Waals surface area contributed by atoms with Crippen LogP contribution in [0.2, 0.25) is 0 Å². The number of ether oxygens (including phenoxy) is 3. The number of hydrogen-bond donors (Lipinski definition) is 1. The summed E-state index contributed by atoms with van der Waals surface area (Å²) in [6, 6.07) is 12.6. The first-order valence-corrected chi connectivity index (χ1v) is 11.4. The van der Waals surface area contributed by atoms with Crippen LogP contribution in [0.5, 0.6) is 11.5 Å². The lowest BCUT2D eigenvalue weighted by molar-refractivity contribution is -0.172. The van der Waals surface area contributed by atoms with Crippen LogP contribution in [-0.2, 0) is 19.1 Å². The molecule has 0 saturated carbocycles. The third kappa shape index (κ3) is 5.02. The average molecular weight is 491 g/mol. The maximum Gasteiger partial charge on any atom is 0.336 e. The highest BCUT2D eigenvalue weighted by Crippen LogP contribution is 2.47. The van der Waals surface area contributed by atoms with Crippen molar-refractivity contribution in [2.24, 2.45) is 0 Å². The molecule has 0 amide bonds. The summed E-state index contributed by atoms with van der Waals surface area (Å²) in [5, 5.41) is 10.1. The van der Waals surface area contributed by atoms with Crippen LogP contribution in [0, 0.1) is 0 Å². The second-order valence-electron chi connectivity index (χ2n) is 8.94. The van der Waals surface area contributed by atoms with Gasteiger partial charge in [-0.1, -0.05) is 18.2 Å². The van der Waals surface area contributed by atoms with Gasteiger partial charge in [-0.2, -0.15) is 0 Å². The first-order chi connectivity index (χ1) is 17.1. The Morgan fingerprint density at radius 2 is 1.75 bits per heavy atom. The molecule has 0 saturated heterocycles. The molecule has 0 spiro atoms. The van der Waals surface area contributed by atoms with Crippen LogP contribution in [0.3, 0.4) is 0 Å². The van der Waals surface area contributed by atoms with Crippen molar-refractivity contribution in [1.29, 1.82) is 0 Å². The summed E-state index contributed by atoms with van der Waals surface area (Å²) in [6.45, 7) is 6.69. The maximum atomic E-state index is 12.9. The van der Waals surface area contributed by atoms with Gasteiger partial charge in [-0.05, 0) is 69.7 Å². The first kappa shape index (κ1) is 24.8. The number of allylic oxidation sites excluding steroid dienone is 1. The number of aromatic hydroxyl groups is 1. The lowest BCUT2D eigenvalue weighted by Gasteiger charge is -2.33. The molecular formula is C28H26O8. The van der Waals surface area contributed by atoms with Crippen molar-refractivity contribution in [3.05, 3.63) is 87.8 Å². The van der Waals surface area contributed by atoms with E-state index in [0.29, 0.717) is 27.8 Å². The number of phenols is 1. The molecule has 2 aromatic carbocycles. The van der Waals surface area contributed by atoms with Crippen molar-refractivity contribution in [1.82, 2.24) is 0 Å². The molecule has 1 aliphatic heterocycles. The highest BCUT2D eigenvalue weighted by atomic mass is 16.6. The fraction of sp³-hybridized carbons (Fsp3) is 0.250. The molecular weight excluding hydrogens is 464 g/mol. The zero-order chi connectivity index (χ0) is 26.0. The Hall–Kier alpha value is -4.33. The van der Waals surface area contributed by atoms with Crippen molar-refractivity contribution in [3.8, 4) is 11.5 Å². The van der Waals surface area contributed by atoms with Crippen molar-refractivity contribution in [3.63, 3.8) is 0 Å². The largest absolute Gasteiger partial charge is 0.508 e. The van der Waals surface area contributed by atoms with Crippen LogP contribution in [0.15, 0.2) is 75.5 Å². The van der Waals surface area contributed by atoms with Gasteiger partial charge in [0.25, 0.3) is 0 Å². The van der Waals surface area contributed by atoms with E-state index in [0.717, 1.165) is 0 Å². The van der Waals surface area contributed by atoms with Crippen LogP contribution in [0.25, 0.3) is 17.0 Å². The van der Waals surface area contributed by atoms with Gasteiger partial charge in [0.05, 0.1) is 5.56 Å². The van der Waals surface area contributed by atoms with E-state index < -0.39 is 35.4 Å². The Morgan fingerprint density at radius 3 is 2.44 bits per heavy atom. The monoisotopic (exact) mass is 490 g/mol. The van der Waals surface area contributed by atoms with Crippen molar-refractivity contribution in [2.45, 2.75) is 45.5 Å². The van der Waals surface area contributed by atoms with Crippen LogP contribution in [0.1, 0.15) is 44.9 Å². The third-order valence-corrected chi connectivity index (χ3v) is 5.95. The molecule has 3 aromatic rings. The minimum Gasteiger partial charge on any atom is -0.508 e. The molecule has 0 aliphatic carbocycles. The quantitative estimate of drug-likeness (QED) is 0.297. The number of fused-ring (bicyclic) bond motifs is 3. The smallest absolute Gasteiger partial charge is 0.336 e. The van der Waals surface area contributed by atoms with E-state index in [1.54, 1.807) is 64.1 Å². The number of benzene rings is 2. The number of phenolic OH excluding ortho intramolecular Hbond substituents is 1. The predicted octanol–water partition coefficient (Wildman–Crippen LogP) is 4.85. The van der Waals surface area contributed by atoms with E-state index in [-0.39, 0.29) is 11.3 Å². The van der Waals surface area contributed by atoms with E-state index in [9.17, 15) is 19.5 Å². The number of carbonyl (C=O) groups is 2. The van der Waals surface area contributed by atoms with E-state index >= 15 is 0 Å². The number of rotatable bonds is 6. The van der Waals surface area contributed by atoms with Gasteiger partial charge >= 0.3 is 17.6 Å². The molecule has 1 aromatic heterocycles. The lowest BCUT2D eigenvalue weighted by atomic mass is 9.93. The average Bonchev–Trinajstić information content (AvgIpc) is 3.22. The molecule has 2 atom stereocenters. The van der Waals surface area contributed by atoms with Crippen molar-refractivity contribution < 1.29 is 33.3 Å². The van der Waals surface area contributed by atoms with E-state index in [1.807, 2.05) is 0 Å². The maximum absolute atomic E-state index is 12.9. The molecule has 1 aliphatic rings. The summed E-state index contributed by atoms with van der Waals surface area (Å²) in [4.78, 5) is 37.4. The zero-order valence-corrected chi connectivity index (χ0v) is 20.3. The van der Waals surface area contributed by atoms with Crippen LogP contribution in [0.4, 0.5) is 0 Å². The number of hydrogen-bond acceptors (Lipinski definition) is 8. The van der Waals surface area contributed by atoms with Gasteiger partial charge in [0.15, 0.2) is 12.2 Å². The molecule has 4 rings (SSSR count). The van der Waals surface area contributed by atoms with E-state index in [1.165, 1.54) is 30.4 Å². The molecule has 0 fully saturated rings. The fourth-order valence-electron chi connectivity index (χ4n) is 3.89. The number of esters is 2. The molecule has 8 heteroatoms. The zero-order valence-electron chi connectivity index (χ0n) is 20.3. The van der Waals surface area contributed by atoms with Crippen molar-refractivity contribution in [2.75, 3.05) is 0 Å². The van der Waals surface area contributed by atoms with Gasteiger partial charge in [-0.3, -0.25) is 0 Å². The lowest BCUT2D eigenvalue weighted by Crippen LogP contribution is -2.46. The topological polar surface area (TPSA) is 112 Å². The van der Waals surface area contributed by atoms with Crippen LogP contribution < -0.4 is 10.4 Å². The Balaban J connectivity index is 1.71. The Bertz CT molecular complexity index is 1430. The fourth-order valence-corrected chi connectivity index (χ4v) is 3.89. The van der Waals surface area contributed by atoms with Crippen LogP contribution >= 0.6 is 0 Å². The minimum atomic E-state index is -1.23. The second kappa shape index (κ2) is 9.73. The molecule has 0 bridgehead atoms. The highest BCUT2D eigenvalue weighted by Gasteiger charge is 2.50. The standard InChI is InChI=1S/C28H26O8/c1-5-16(2)27(32)36-28(3,4)26-25(35-21(30)14-8-17-6-11-19(29)12-7-17)23-20(33-26)13-9-18-10-15-22(31)34-24(18)23/h5-15,25-26,29H,1-4H3/t25-,26+/m1/s1. The summed E-state index contributed by atoms with van der Waals surface area (Å²) in [5.74, 6) is -0.753. The molecule has 36 heavy (non-hydrogen) atoms. The molecule has 8 nitrogen and oxygen atoms in total. The normalized spacial score (nSPS) is 17.6. The Kier molecular flexibility index (Phi) is 6.70. The number of carbonyl (C=O) groups excluding carboxylic acids is 2. The molecule has 0 unspecified atom stereocenters.